The van der Waals surface area contributed by atoms with Crippen molar-refractivity contribution < 1.29 is 4.74 Å². The molecule has 0 aromatic carbocycles. The molecule has 1 heterocycles. The lowest BCUT2D eigenvalue weighted by molar-refractivity contribution is 0.0181. The van der Waals surface area contributed by atoms with Gasteiger partial charge in [0.2, 0.25) is 0 Å². The molecule has 0 aliphatic carbocycles. The van der Waals surface area contributed by atoms with Gasteiger partial charge in [-0.15, -0.1) is 0 Å². The molecule has 1 saturated heterocycles. The maximum Gasteiger partial charge on any atom is 0.0700 e. The van der Waals surface area contributed by atoms with E-state index in [0.29, 0.717) is 12.0 Å². The molecule has 0 spiro atoms. The van der Waals surface area contributed by atoms with E-state index in [1.807, 2.05) is 0 Å². The molecule has 1 rings (SSSR count). The molecule has 0 radical (unpaired) electrons. The zero-order valence-corrected chi connectivity index (χ0v) is 8.31. The summed E-state index contributed by atoms with van der Waals surface area (Å²) in [5.41, 5.74) is 0. The van der Waals surface area contributed by atoms with Gasteiger partial charge in [-0.3, -0.25) is 0 Å². The lowest BCUT2D eigenvalue weighted by Crippen LogP contribution is -2.36. The van der Waals surface area contributed by atoms with Crippen LogP contribution in [-0.4, -0.2) is 25.8 Å². The normalized spacial score (nSPS) is 27.0. The predicted molar refractivity (Wildman–Crippen MR) is 51.3 cm³/mol. The SMILES string of the molecule is CCC(C)CO[C@H]1CCCNC1. The summed E-state index contributed by atoms with van der Waals surface area (Å²) >= 11 is 0. The van der Waals surface area contributed by atoms with Gasteiger partial charge in [-0.1, -0.05) is 20.3 Å². The molecule has 1 aliphatic heterocycles. The summed E-state index contributed by atoms with van der Waals surface area (Å²) in [7, 11) is 0. The monoisotopic (exact) mass is 171 g/mol. The highest BCUT2D eigenvalue weighted by Crippen LogP contribution is 2.09. The molecule has 2 heteroatoms. The molecule has 72 valence electrons. The van der Waals surface area contributed by atoms with Gasteiger partial charge in [-0.05, 0) is 25.3 Å². The second-order valence-corrected chi connectivity index (χ2v) is 3.82. The molecule has 1 N–H and O–H groups in total. The minimum absolute atomic E-state index is 0.479. The van der Waals surface area contributed by atoms with Gasteiger partial charge in [-0.2, -0.15) is 0 Å². The van der Waals surface area contributed by atoms with Crippen LogP contribution in [0.25, 0.3) is 0 Å². The first-order chi connectivity index (χ1) is 5.83. The Labute approximate surface area is 75.7 Å². The summed E-state index contributed by atoms with van der Waals surface area (Å²) < 4.78 is 5.77. The molecule has 1 unspecified atom stereocenters. The van der Waals surface area contributed by atoms with Gasteiger partial charge in [0, 0.05) is 13.2 Å². The summed E-state index contributed by atoms with van der Waals surface area (Å²) in [4.78, 5) is 0. The van der Waals surface area contributed by atoms with E-state index in [2.05, 4.69) is 19.2 Å². The molecule has 0 aromatic rings. The van der Waals surface area contributed by atoms with Crippen LogP contribution in [0.4, 0.5) is 0 Å². The van der Waals surface area contributed by atoms with Crippen molar-refractivity contribution in [2.45, 2.75) is 39.2 Å². The largest absolute Gasteiger partial charge is 0.377 e. The van der Waals surface area contributed by atoms with Gasteiger partial charge in [-0.25, -0.2) is 0 Å². The lowest BCUT2D eigenvalue weighted by atomic mass is 10.1. The fraction of sp³-hybridized carbons (Fsp3) is 1.00. The number of hydrogen-bond acceptors (Lipinski definition) is 2. The third-order valence-electron chi connectivity index (χ3n) is 2.57. The average Bonchev–Trinajstić information content (AvgIpc) is 2.16. The molecular formula is C10H21NO. The summed E-state index contributed by atoms with van der Waals surface area (Å²) in [6.45, 7) is 7.62. The summed E-state index contributed by atoms with van der Waals surface area (Å²) in [5.74, 6) is 0.715. The topological polar surface area (TPSA) is 21.3 Å². The van der Waals surface area contributed by atoms with E-state index in [1.54, 1.807) is 0 Å². The fourth-order valence-electron chi connectivity index (χ4n) is 1.38. The van der Waals surface area contributed by atoms with E-state index >= 15 is 0 Å². The third-order valence-corrected chi connectivity index (χ3v) is 2.57. The van der Waals surface area contributed by atoms with Crippen LogP contribution in [0.1, 0.15) is 33.1 Å². The standard InChI is InChI=1S/C10H21NO/c1-3-9(2)8-12-10-5-4-6-11-7-10/h9-11H,3-8H2,1-2H3/t9?,10-/m0/s1. The first-order valence-corrected chi connectivity index (χ1v) is 5.15. The molecular weight excluding hydrogens is 150 g/mol. The molecule has 2 atom stereocenters. The quantitative estimate of drug-likeness (QED) is 0.696. The maximum atomic E-state index is 5.77. The van der Waals surface area contributed by atoms with Gasteiger partial charge in [0.25, 0.3) is 0 Å². The predicted octanol–water partition coefficient (Wildman–Crippen LogP) is 1.80. The van der Waals surface area contributed by atoms with Crippen LogP contribution in [0, 0.1) is 5.92 Å². The van der Waals surface area contributed by atoms with E-state index in [0.717, 1.165) is 13.2 Å². The number of ether oxygens (including phenoxy) is 1. The Hall–Kier alpha value is -0.0800. The van der Waals surface area contributed by atoms with Gasteiger partial charge in [0.15, 0.2) is 0 Å². The number of piperidine rings is 1. The molecule has 1 fully saturated rings. The van der Waals surface area contributed by atoms with Gasteiger partial charge in [0.1, 0.15) is 0 Å². The van der Waals surface area contributed by atoms with Crippen molar-refractivity contribution in [1.29, 1.82) is 0 Å². The van der Waals surface area contributed by atoms with Crippen LogP contribution in [0.2, 0.25) is 0 Å². The Morgan fingerprint density at radius 2 is 2.42 bits per heavy atom. The van der Waals surface area contributed by atoms with Crippen LogP contribution in [-0.2, 0) is 4.74 Å². The lowest BCUT2D eigenvalue weighted by Gasteiger charge is -2.24. The van der Waals surface area contributed by atoms with E-state index < -0.39 is 0 Å². The van der Waals surface area contributed by atoms with Crippen LogP contribution in [0.3, 0.4) is 0 Å². The van der Waals surface area contributed by atoms with Gasteiger partial charge in [0.05, 0.1) is 6.10 Å². The molecule has 1 aliphatic rings. The van der Waals surface area contributed by atoms with Crippen molar-refractivity contribution in [2.75, 3.05) is 19.7 Å². The molecule has 0 bridgehead atoms. The van der Waals surface area contributed by atoms with Crippen LogP contribution in [0.5, 0.6) is 0 Å². The summed E-state index contributed by atoms with van der Waals surface area (Å²) in [5, 5.41) is 3.35. The maximum absolute atomic E-state index is 5.77. The highest BCUT2D eigenvalue weighted by Gasteiger charge is 2.13. The van der Waals surface area contributed by atoms with Crippen LogP contribution >= 0.6 is 0 Å². The smallest absolute Gasteiger partial charge is 0.0700 e. The highest BCUT2D eigenvalue weighted by molar-refractivity contribution is 4.68. The Balaban J connectivity index is 2.05. The second kappa shape index (κ2) is 5.55. The van der Waals surface area contributed by atoms with E-state index in [-0.39, 0.29) is 0 Å². The Kier molecular flexibility index (Phi) is 4.62. The Morgan fingerprint density at radius 1 is 1.58 bits per heavy atom. The number of rotatable bonds is 4. The van der Waals surface area contributed by atoms with Crippen molar-refractivity contribution in [1.82, 2.24) is 5.32 Å². The minimum atomic E-state index is 0.479. The van der Waals surface area contributed by atoms with E-state index in [1.165, 1.54) is 25.8 Å². The van der Waals surface area contributed by atoms with Crippen molar-refractivity contribution in [2.24, 2.45) is 5.92 Å². The van der Waals surface area contributed by atoms with Crippen molar-refractivity contribution >= 4 is 0 Å². The molecule has 12 heavy (non-hydrogen) atoms. The molecule has 0 amide bonds. The molecule has 0 saturated carbocycles. The highest BCUT2D eigenvalue weighted by atomic mass is 16.5. The minimum Gasteiger partial charge on any atom is -0.377 e. The van der Waals surface area contributed by atoms with Crippen LogP contribution < -0.4 is 5.32 Å². The fourth-order valence-corrected chi connectivity index (χ4v) is 1.38. The first-order valence-electron chi connectivity index (χ1n) is 5.15. The van der Waals surface area contributed by atoms with Crippen molar-refractivity contribution in [3.63, 3.8) is 0 Å². The van der Waals surface area contributed by atoms with Crippen molar-refractivity contribution in [3.05, 3.63) is 0 Å². The number of hydrogen-bond donors (Lipinski definition) is 1. The zero-order chi connectivity index (χ0) is 8.81. The Bertz CT molecular complexity index is 110. The van der Waals surface area contributed by atoms with Crippen molar-refractivity contribution in [3.8, 4) is 0 Å². The second-order valence-electron chi connectivity index (χ2n) is 3.82. The first kappa shape index (κ1) is 10.0. The average molecular weight is 171 g/mol. The number of nitrogens with one attached hydrogen (secondary N) is 1. The molecule has 0 aromatic heterocycles. The summed E-state index contributed by atoms with van der Waals surface area (Å²) in [6.07, 6.45) is 4.21. The van der Waals surface area contributed by atoms with Gasteiger partial charge < -0.3 is 10.1 Å². The third kappa shape index (κ3) is 3.55. The van der Waals surface area contributed by atoms with E-state index in [9.17, 15) is 0 Å². The van der Waals surface area contributed by atoms with Crippen LogP contribution in [0.15, 0.2) is 0 Å². The van der Waals surface area contributed by atoms with E-state index in [4.69, 9.17) is 4.74 Å². The van der Waals surface area contributed by atoms with Gasteiger partial charge >= 0.3 is 0 Å². The Morgan fingerprint density at radius 3 is 3.00 bits per heavy atom. The zero-order valence-electron chi connectivity index (χ0n) is 8.31. The molecule has 2 nitrogen and oxygen atoms in total. The summed E-state index contributed by atoms with van der Waals surface area (Å²) in [6, 6.07) is 0.